The van der Waals surface area contributed by atoms with Crippen LogP contribution in [0.2, 0.25) is 0 Å². The zero-order valence-corrected chi connectivity index (χ0v) is 17.2. The minimum Gasteiger partial charge on any atom is -0.486 e. The van der Waals surface area contributed by atoms with Crippen LogP contribution in [-0.2, 0) is 29.6 Å². The Balaban J connectivity index is 1.65. The van der Waals surface area contributed by atoms with E-state index in [0.717, 1.165) is 18.4 Å². The average molecular weight is 410 g/mol. The first-order chi connectivity index (χ1) is 14.5. The molecule has 1 aromatic heterocycles. The highest BCUT2D eigenvalue weighted by atomic mass is 16.5. The fourth-order valence-corrected chi connectivity index (χ4v) is 3.06. The molecule has 1 unspecified atom stereocenters. The number of carbonyl (C=O) groups is 1. The predicted molar refractivity (Wildman–Crippen MR) is 114 cm³/mol. The standard InChI is InChI=1S/C23H26N2O5/c1-3-4-13-29-20(23(27)28)14-16-9-11-17(12-10-16)30-15-21-24-19-8-6-5-7-18(19)22(26)25(21)2/h5-12,20H,3-4,13-15H2,1-2H3,(H,27,28). The third-order valence-corrected chi connectivity index (χ3v) is 4.88. The van der Waals surface area contributed by atoms with Crippen molar-refractivity contribution in [1.82, 2.24) is 9.55 Å². The van der Waals surface area contributed by atoms with Crippen LogP contribution in [0.15, 0.2) is 53.3 Å². The third-order valence-electron chi connectivity index (χ3n) is 4.88. The topological polar surface area (TPSA) is 90.7 Å². The number of nitrogens with zero attached hydrogens (tertiary/aromatic N) is 2. The molecule has 0 aliphatic rings. The quantitative estimate of drug-likeness (QED) is 0.516. The van der Waals surface area contributed by atoms with E-state index >= 15 is 0 Å². The van der Waals surface area contributed by atoms with E-state index in [4.69, 9.17) is 9.47 Å². The van der Waals surface area contributed by atoms with Gasteiger partial charge in [0.05, 0.1) is 10.9 Å². The molecule has 2 aromatic carbocycles. The number of unbranched alkanes of at least 4 members (excludes halogenated alkanes) is 1. The van der Waals surface area contributed by atoms with Crippen molar-refractivity contribution in [2.75, 3.05) is 6.61 Å². The van der Waals surface area contributed by atoms with E-state index in [0.29, 0.717) is 35.5 Å². The highest BCUT2D eigenvalue weighted by Gasteiger charge is 2.18. The minimum atomic E-state index is -0.963. The van der Waals surface area contributed by atoms with Crippen molar-refractivity contribution >= 4 is 16.9 Å². The number of ether oxygens (including phenoxy) is 2. The molecule has 0 saturated heterocycles. The number of hydrogen-bond donors (Lipinski definition) is 1. The van der Waals surface area contributed by atoms with Gasteiger partial charge in [-0.15, -0.1) is 0 Å². The van der Waals surface area contributed by atoms with Crippen molar-refractivity contribution in [3.05, 3.63) is 70.3 Å². The van der Waals surface area contributed by atoms with Crippen LogP contribution in [-0.4, -0.2) is 33.3 Å². The molecule has 30 heavy (non-hydrogen) atoms. The van der Waals surface area contributed by atoms with Gasteiger partial charge < -0.3 is 14.6 Å². The molecule has 0 aliphatic carbocycles. The first-order valence-electron chi connectivity index (χ1n) is 10.0. The Morgan fingerprint density at radius 1 is 1.17 bits per heavy atom. The molecular weight excluding hydrogens is 384 g/mol. The van der Waals surface area contributed by atoms with Crippen LogP contribution >= 0.6 is 0 Å². The lowest BCUT2D eigenvalue weighted by atomic mass is 10.1. The molecule has 7 heteroatoms. The second-order valence-electron chi connectivity index (χ2n) is 7.10. The van der Waals surface area contributed by atoms with Crippen molar-refractivity contribution in [3.8, 4) is 5.75 Å². The number of aliphatic carboxylic acids is 1. The van der Waals surface area contributed by atoms with E-state index in [9.17, 15) is 14.7 Å². The number of aromatic nitrogens is 2. The fraction of sp³-hybridized carbons (Fsp3) is 0.348. The number of hydrogen-bond acceptors (Lipinski definition) is 5. The number of para-hydroxylation sites is 1. The van der Waals surface area contributed by atoms with E-state index in [2.05, 4.69) is 4.98 Å². The Bertz CT molecular complexity index is 1060. The Labute approximate surface area is 174 Å². The SMILES string of the molecule is CCCCOC(Cc1ccc(OCc2nc3ccccc3c(=O)n2C)cc1)C(=O)O. The Morgan fingerprint density at radius 3 is 2.60 bits per heavy atom. The summed E-state index contributed by atoms with van der Waals surface area (Å²) < 4.78 is 12.8. The van der Waals surface area contributed by atoms with Gasteiger partial charge in [0.15, 0.2) is 6.10 Å². The molecular formula is C23H26N2O5. The molecule has 0 saturated carbocycles. The molecule has 1 heterocycles. The summed E-state index contributed by atoms with van der Waals surface area (Å²) in [4.78, 5) is 28.4. The van der Waals surface area contributed by atoms with Gasteiger partial charge in [0.2, 0.25) is 0 Å². The van der Waals surface area contributed by atoms with Gasteiger partial charge in [0, 0.05) is 20.1 Å². The summed E-state index contributed by atoms with van der Waals surface area (Å²) in [5, 5.41) is 9.91. The molecule has 158 valence electrons. The smallest absolute Gasteiger partial charge is 0.333 e. The second-order valence-corrected chi connectivity index (χ2v) is 7.10. The fourth-order valence-electron chi connectivity index (χ4n) is 3.06. The van der Waals surface area contributed by atoms with Gasteiger partial charge >= 0.3 is 5.97 Å². The molecule has 0 fully saturated rings. The maximum atomic E-state index is 12.5. The first kappa shape index (κ1) is 21.5. The molecule has 0 aliphatic heterocycles. The molecule has 0 amide bonds. The maximum absolute atomic E-state index is 12.5. The lowest BCUT2D eigenvalue weighted by Crippen LogP contribution is -2.26. The van der Waals surface area contributed by atoms with Crippen LogP contribution in [0.25, 0.3) is 10.9 Å². The first-order valence-corrected chi connectivity index (χ1v) is 10.0. The Hall–Kier alpha value is -3.19. The van der Waals surface area contributed by atoms with E-state index in [1.807, 2.05) is 31.2 Å². The van der Waals surface area contributed by atoms with Gasteiger partial charge in [-0.05, 0) is 36.2 Å². The highest BCUT2D eigenvalue weighted by molar-refractivity contribution is 5.77. The molecule has 3 rings (SSSR count). The summed E-state index contributed by atoms with van der Waals surface area (Å²) >= 11 is 0. The maximum Gasteiger partial charge on any atom is 0.333 e. The summed E-state index contributed by atoms with van der Waals surface area (Å²) in [5.41, 5.74) is 1.37. The number of fused-ring (bicyclic) bond motifs is 1. The van der Waals surface area contributed by atoms with E-state index in [1.54, 1.807) is 31.3 Å². The van der Waals surface area contributed by atoms with Gasteiger partial charge in [-0.25, -0.2) is 9.78 Å². The number of carboxylic acid groups (broad SMARTS) is 1. The van der Waals surface area contributed by atoms with Crippen molar-refractivity contribution < 1.29 is 19.4 Å². The number of rotatable bonds is 10. The Kier molecular flexibility index (Phi) is 7.19. The number of carboxylic acids is 1. The lowest BCUT2D eigenvalue weighted by molar-refractivity contribution is -0.150. The third kappa shape index (κ3) is 5.24. The van der Waals surface area contributed by atoms with Crippen LogP contribution in [0.5, 0.6) is 5.75 Å². The highest BCUT2D eigenvalue weighted by Crippen LogP contribution is 2.16. The number of benzene rings is 2. The van der Waals surface area contributed by atoms with Crippen LogP contribution in [0.1, 0.15) is 31.2 Å². The van der Waals surface area contributed by atoms with Gasteiger partial charge in [0.1, 0.15) is 18.2 Å². The van der Waals surface area contributed by atoms with Crippen molar-refractivity contribution in [2.45, 2.75) is 38.9 Å². The molecule has 3 aromatic rings. The van der Waals surface area contributed by atoms with Crippen molar-refractivity contribution in [2.24, 2.45) is 7.05 Å². The zero-order chi connectivity index (χ0) is 21.5. The summed E-state index contributed by atoms with van der Waals surface area (Å²) in [7, 11) is 1.67. The summed E-state index contributed by atoms with van der Waals surface area (Å²) in [5.74, 6) is 0.174. The predicted octanol–water partition coefficient (Wildman–Crippen LogP) is 3.32. The zero-order valence-electron chi connectivity index (χ0n) is 17.2. The monoisotopic (exact) mass is 410 g/mol. The lowest BCUT2D eigenvalue weighted by Gasteiger charge is -2.14. The second kappa shape index (κ2) is 10.0. The van der Waals surface area contributed by atoms with Gasteiger partial charge in [-0.1, -0.05) is 37.6 Å². The molecule has 1 atom stereocenters. The van der Waals surface area contributed by atoms with E-state index in [1.165, 1.54) is 4.57 Å². The molecule has 7 nitrogen and oxygen atoms in total. The van der Waals surface area contributed by atoms with E-state index < -0.39 is 12.1 Å². The summed E-state index contributed by atoms with van der Waals surface area (Å²) in [6.45, 7) is 2.61. The van der Waals surface area contributed by atoms with Crippen LogP contribution < -0.4 is 10.3 Å². The van der Waals surface area contributed by atoms with Crippen LogP contribution in [0.3, 0.4) is 0 Å². The normalized spacial score (nSPS) is 12.1. The van der Waals surface area contributed by atoms with Gasteiger partial charge in [0.25, 0.3) is 5.56 Å². The van der Waals surface area contributed by atoms with Gasteiger partial charge in [-0.2, -0.15) is 0 Å². The van der Waals surface area contributed by atoms with Crippen LogP contribution in [0.4, 0.5) is 0 Å². The Morgan fingerprint density at radius 2 is 1.90 bits per heavy atom. The molecule has 0 spiro atoms. The summed E-state index contributed by atoms with van der Waals surface area (Å²) in [6, 6.07) is 14.4. The summed E-state index contributed by atoms with van der Waals surface area (Å²) in [6.07, 6.45) is 1.22. The van der Waals surface area contributed by atoms with Crippen molar-refractivity contribution in [1.29, 1.82) is 0 Å². The van der Waals surface area contributed by atoms with E-state index in [-0.39, 0.29) is 12.2 Å². The van der Waals surface area contributed by atoms with Gasteiger partial charge in [-0.3, -0.25) is 9.36 Å². The molecule has 0 radical (unpaired) electrons. The average Bonchev–Trinajstić information content (AvgIpc) is 2.75. The minimum absolute atomic E-state index is 0.114. The van der Waals surface area contributed by atoms with Crippen molar-refractivity contribution in [3.63, 3.8) is 0 Å². The molecule has 0 bridgehead atoms. The van der Waals surface area contributed by atoms with Crippen LogP contribution in [0, 0.1) is 0 Å². The largest absolute Gasteiger partial charge is 0.486 e. The molecule has 1 N–H and O–H groups in total.